The van der Waals surface area contributed by atoms with Crippen molar-refractivity contribution in [2.45, 2.75) is 40.3 Å². The van der Waals surface area contributed by atoms with Gasteiger partial charge in [0.25, 0.3) is 0 Å². The van der Waals surface area contributed by atoms with Crippen molar-refractivity contribution < 1.29 is 18.0 Å². The quantitative estimate of drug-likeness (QED) is 0.547. The van der Waals surface area contributed by atoms with Crippen LogP contribution in [0.4, 0.5) is 5.69 Å². The second-order valence-corrected chi connectivity index (χ2v) is 10.9. The van der Waals surface area contributed by atoms with Gasteiger partial charge in [-0.05, 0) is 49.1 Å². The van der Waals surface area contributed by atoms with Crippen LogP contribution in [-0.4, -0.2) is 50.5 Å². The summed E-state index contributed by atoms with van der Waals surface area (Å²) in [4.78, 5) is 27.6. The highest BCUT2D eigenvalue weighted by atomic mass is 35.5. The number of benzene rings is 2. The van der Waals surface area contributed by atoms with E-state index >= 15 is 0 Å². The van der Waals surface area contributed by atoms with E-state index in [1.807, 2.05) is 26.8 Å². The number of hydrogen-bond acceptors (Lipinski definition) is 4. The van der Waals surface area contributed by atoms with Crippen LogP contribution in [-0.2, 0) is 26.2 Å². The van der Waals surface area contributed by atoms with E-state index in [-0.39, 0.29) is 18.4 Å². The summed E-state index contributed by atoms with van der Waals surface area (Å²) < 4.78 is 26.2. The summed E-state index contributed by atoms with van der Waals surface area (Å²) in [5.74, 6) is -0.574. The second-order valence-electron chi connectivity index (χ2n) is 8.54. The van der Waals surface area contributed by atoms with Crippen LogP contribution in [0.25, 0.3) is 0 Å². The van der Waals surface area contributed by atoms with Crippen LogP contribution in [0.3, 0.4) is 0 Å². The summed E-state index contributed by atoms with van der Waals surface area (Å²) in [6.45, 7) is 7.52. The van der Waals surface area contributed by atoms with Crippen LogP contribution in [0.1, 0.15) is 31.9 Å². The van der Waals surface area contributed by atoms with E-state index in [0.29, 0.717) is 22.8 Å². The number of aryl methyl sites for hydroxylation is 1. The zero-order valence-corrected chi connectivity index (χ0v) is 21.3. The first-order valence-corrected chi connectivity index (χ1v) is 13.0. The zero-order chi connectivity index (χ0) is 24.8. The van der Waals surface area contributed by atoms with E-state index in [1.54, 1.807) is 49.4 Å². The van der Waals surface area contributed by atoms with Crippen LogP contribution >= 0.6 is 11.6 Å². The van der Waals surface area contributed by atoms with Crippen molar-refractivity contribution in [3.63, 3.8) is 0 Å². The number of sulfonamides is 1. The topological polar surface area (TPSA) is 86.8 Å². The van der Waals surface area contributed by atoms with Gasteiger partial charge in [0.1, 0.15) is 12.6 Å². The molecule has 0 fully saturated rings. The molecule has 1 atom stereocenters. The van der Waals surface area contributed by atoms with Crippen molar-refractivity contribution >= 4 is 39.1 Å². The minimum atomic E-state index is -3.75. The maximum atomic E-state index is 13.5. The van der Waals surface area contributed by atoms with Gasteiger partial charge in [0, 0.05) is 18.1 Å². The third-order valence-corrected chi connectivity index (χ3v) is 6.63. The molecule has 0 spiro atoms. The number of anilines is 1. The lowest BCUT2D eigenvalue weighted by molar-refractivity contribution is -0.139. The van der Waals surface area contributed by atoms with Crippen molar-refractivity contribution in [1.29, 1.82) is 0 Å². The molecule has 180 valence electrons. The fraction of sp³-hybridized carbons (Fsp3) is 0.417. The summed E-state index contributed by atoms with van der Waals surface area (Å²) >= 11 is 6.31. The number of nitrogens with one attached hydrogen (secondary N) is 1. The molecular formula is C24H32ClN3O4S. The Morgan fingerprint density at radius 3 is 2.30 bits per heavy atom. The van der Waals surface area contributed by atoms with Crippen molar-refractivity contribution in [2.24, 2.45) is 5.92 Å². The number of carbonyl (C=O) groups excluding carboxylic acids is 2. The highest BCUT2D eigenvalue weighted by Gasteiger charge is 2.30. The first-order valence-electron chi connectivity index (χ1n) is 10.7. The molecule has 2 aromatic carbocycles. The number of carbonyl (C=O) groups is 2. The van der Waals surface area contributed by atoms with Crippen molar-refractivity contribution in [3.05, 3.63) is 64.7 Å². The molecule has 1 N–H and O–H groups in total. The molecule has 0 radical (unpaired) electrons. The number of rotatable bonds is 10. The Kier molecular flexibility index (Phi) is 9.31. The van der Waals surface area contributed by atoms with E-state index in [1.165, 1.54) is 4.90 Å². The van der Waals surface area contributed by atoms with Gasteiger partial charge in [0.05, 0.1) is 11.9 Å². The molecule has 0 bridgehead atoms. The first kappa shape index (κ1) is 26.7. The van der Waals surface area contributed by atoms with E-state index in [2.05, 4.69) is 5.32 Å². The molecule has 0 aliphatic rings. The lowest BCUT2D eigenvalue weighted by atomic mass is 10.1. The SMILES string of the molecule is Cc1cccc(N(CC(=O)N(Cc2ccccc2Cl)[C@@H](C)C(=O)NCC(C)C)S(C)(=O)=O)c1. The number of nitrogens with zero attached hydrogens (tertiary/aromatic N) is 2. The predicted octanol–water partition coefficient (Wildman–Crippen LogP) is 3.60. The Morgan fingerprint density at radius 1 is 1.06 bits per heavy atom. The monoisotopic (exact) mass is 493 g/mol. The number of halogens is 1. The Balaban J connectivity index is 2.38. The lowest BCUT2D eigenvalue weighted by Crippen LogP contribution is -2.51. The van der Waals surface area contributed by atoms with Crippen LogP contribution < -0.4 is 9.62 Å². The Bertz CT molecular complexity index is 1090. The highest BCUT2D eigenvalue weighted by molar-refractivity contribution is 7.92. The van der Waals surface area contributed by atoms with Gasteiger partial charge in [-0.15, -0.1) is 0 Å². The van der Waals surface area contributed by atoms with E-state index in [0.717, 1.165) is 16.1 Å². The number of hydrogen-bond donors (Lipinski definition) is 1. The van der Waals surface area contributed by atoms with Gasteiger partial charge in [-0.1, -0.05) is 55.8 Å². The highest BCUT2D eigenvalue weighted by Crippen LogP contribution is 2.22. The maximum Gasteiger partial charge on any atom is 0.244 e. The Morgan fingerprint density at radius 2 is 1.73 bits per heavy atom. The fourth-order valence-electron chi connectivity index (χ4n) is 3.24. The second kappa shape index (κ2) is 11.5. The standard InChI is InChI=1S/C24H32ClN3O4S/c1-17(2)14-26-24(30)19(4)27(15-20-10-6-7-12-22(20)25)23(29)16-28(33(5,31)32)21-11-8-9-18(3)13-21/h6-13,17,19H,14-16H2,1-5H3,(H,26,30)/t19-/m0/s1. The molecule has 0 aromatic heterocycles. The largest absolute Gasteiger partial charge is 0.354 e. The zero-order valence-electron chi connectivity index (χ0n) is 19.7. The van der Waals surface area contributed by atoms with Crippen LogP contribution in [0.5, 0.6) is 0 Å². The average Bonchev–Trinajstić information content (AvgIpc) is 2.73. The molecular weight excluding hydrogens is 462 g/mol. The first-order chi connectivity index (χ1) is 15.4. The summed E-state index contributed by atoms with van der Waals surface area (Å²) in [5, 5.41) is 3.30. The molecule has 9 heteroatoms. The Hall–Kier alpha value is -2.58. The minimum Gasteiger partial charge on any atom is -0.354 e. The van der Waals surface area contributed by atoms with E-state index in [4.69, 9.17) is 11.6 Å². The lowest BCUT2D eigenvalue weighted by Gasteiger charge is -2.32. The van der Waals surface area contributed by atoms with Gasteiger partial charge >= 0.3 is 0 Å². The molecule has 0 unspecified atom stereocenters. The molecule has 0 saturated heterocycles. The van der Waals surface area contributed by atoms with Gasteiger partial charge in [0.15, 0.2) is 0 Å². The molecule has 2 rings (SSSR count). The van der Waals surface area contributed by atoms with Gasteiger partial charge in [0.2, 0.25) is 21.8 Å². The maximum absolute atomic E-state index is 13.5. The van der Waals surface area contributed by atoms with E-state index < -0.39 is 28.5 Å². The summed E-state index contributed by atoms with van der Waals surface area (Å²) in [6, 6.07) is 13.1. The third kappa shape index (κ3) is 7.75. The molecule has 33 heavy (non-hydrogen) atoms. The van der Waals surface area contributed by atoms with Crippen LogP contribution in [0.2, 0.25) is 5.02 Å². The fourth-order valence-corrected chi connectivity index (χ4v) is 4.28. The normalized spacial score (nSPS) is 12.3. The van der Waals surface area contributed by atoms with Crippen LogP contribution in [0, 0.1) is 12.8 Å². The van der Waals surface area contributed by atoms with Gasteiger partial charge in [-0.25, -0.2) is 8.42 Å². The number of amides is 2. The summed E-state index contributed by atoms with van der Waals surface area (Å²) in [6.07, 6.45) is 1.06. The summed E-state index contributed by atoms with van der Waals surface area (Å²) in [7, 11) is -3.75. The molecule has 7 nitrogen and oxygen atoms in total. The molecule has 2 amide bonds. The van der Waals surface area contributed by atoms with Gasteiger partial charge in [-0.3, -0.25) is 13.9 Å². The van der Waals surface area contributed by atoms with Gasteiger partial charge < -0.3 is 10.2 Å². The van der Waals surface area contributed by atoms with Crippen molar-refractivity contribution in [3.8, 4) is 0 Å². The predicted molar refractivity (Wildman–Crippen MR) is 133 cm³/mol. The van der Waals surface area contributed by atoms with Crippen molar-refractivity contribution in [2.75, 3.05) is 23.7 Å². The molecule has 0 aliphatic carbocycles. The molecule has 2 aromatic rings. The van der Waals surface area contributed by atoms with Crippen molar-refractivity contribution in [1.82, 2.24) is 10.2 Å². The molecule has 0 saturated carbocycles. The minimum absolute atomic E-state index is 0.0696. The Labute approximate surface area is 201 Å². The van der Waals surface area contributed by atoms with Crippen LogP contribution in [0.15, 0.2) is 48.5 Å². The van der Waals surface area contributed by atoms with E-state index in [9.17, 15) is 18.0 Å². The smallest absolute Gasteiger partial charge is 0.244 e. The average molecular weight is 494 g/mol. The molecule has 0 heterocycles. The molecule has 0 aliphatic heterocycles. The third-order valence-electron chi connectivity index (χ3n) is 5.12. The van der Waals surface area contributed by atoms with Gasteiger partial charge in [-0.2, -0.15) is 0 Å². The summed E-state index contributed by atoms with van der Waals surface area (Å²) in [5.41, 5.74) is 1.92.